The molecule has 0 aromatic carbocycles. The molecule has 0 amide bonds. The van der Waals surface area contributed by atoms with Crippen LogP contribution in [0.2, 0.25) is 0 Å². The van der Waals surface area contributed by atoms with Crippen LogP contribution in [0.3, 0.4) is 0 Å². The topological polar surface area (TPSA) is 63.8 Å². The molecule has 1 N–H and O–H groups in total. The van der Waals surface area contributed by atoms with Gasteiger partial charge in [0.2, 0.25) is 6.39 Å². The van der Waals surface area contributed by atoms with Crippen LogP contribution in [0.5, 0.6) is 0 Å². The van der Waals surface area contributed by atoms with Gasteiger partial charge in [-0.05, 0) is 0 Å². The van der Waals surface area contributed by atoms with Gasteiger partial charge in [-0.25, -0.2) is 4.98 Å². The molecular formula is C11H16N4OS. The molecule has 0 atom stereocenters. The molecular weight excluding hydrogens is 236 g/mol. The molecule has 0 unspecified atom stereocenters. The lowest BCUT2D eigenvalue weighted by Crippen LogP contribution is -2.15. The number of rotatable bonds is 4. The Kier molecular flexibility index (Phi) is 3.54. The van der Waals surface area contributed by atoms with E-state index in [1.807, 2.05) is 0 Å². The summed E-state index contributed by atoms with van der Waals surface area (Å²) < 4.78 is 4.65. The minimum absolute atomic E-state index is 0.114. The Hall–Kier alpha value is -1.27. The first-order valence-electron chi connectivity index (χ1n) is 5.46. The highest BCUT2D eigenvalue weighted by Gasteiger charge is 2.17. The second-order valence-corrected chi connectivity index (χ2v) is 5.77. The molecule has 17 heavy (non-hydrogen) atoms. The molecule has 5 nitrogen and oxygen atoms in total. The summed E-state index contributed by atoms with van der Waals surface area (Å²) >= 11 is 1.68. The molecule has 0 fully saturated rings. The van der Waals surface area contributed by atoms with E-state index in [4.69, 9.17) is 0 Å². The fourth-order valence-electron chi connectivity index (χ4n) is 1.29. The van der Waals surface area contributed by atoms with Crippen molar-refractivity contribution in [1.29, 1.82) is 0 Å². The number of thiazole rings is 1. The van der Waals surface area contributed by atoms with E-state index in [2.05, 4.69) is 51.1 Å². The minimum atomic E-state index is 0.114. The average Bonchev–Trinajstić information content (AvgIpc) is 2.86. The number of hydrogen-bond donors (Lipinski definition) is 1. The molecule has 6 heteroatoms. The van der Waals surface area contributed by atoms with E-state index in [1.165, 1.54) is 6.39 Å². The van der Waals surface area contributed by atoms with Crippen LogP contribution in [0.15, 0.2) is 16.3 Å². The molecule has 92 valence electrons. The monoisotopic (exact) mass is 252 g/mol. The summed E-state index contributed by atoms with van der Waals surface area (Å²) in [7, 11) is 0. The SMILES string of the molecule is CC(C)(C)c1csc(CNCc2ncon2)n1. The van der Waals surface area contributed by atoms with E-state index in [0.717, 1.165) is 17.2 Å². The van der Waals surface area contributed by atoms with Crippen molar-refractivity contribution in [2.24, 2.45) is 0 Å². The van der Waals surface area contributed by atoms with Gasteiger partial charge in [0.05, 0.1) is 12.2 Å². The Labute approximate surface area is 104 Å². The van der Waals surface area contributed by atoms with Gasteiger partial charge in [-0.1, -0.05) is 25.9 Å². The summed E-state index contributed by atoms with van der Waals surface area (Å²) in [5.74, 6) is 0.664. The van der Waals surface area contributed by atoms with Crippen LogP contribution in [-0.4, -0.2) is 15.1 Å². The quantitative estimate of drug-likeness (QED) is 0.903. The van der Waals surface area contributed by atoms with E-state index in [9.17, 15) is 0 Å². The third-order valence-corrected chi connectivity index (χ3v) is 3.14. The highest BCUT2D eigenvalue weighted by Crippen LogP contribution is 2.23. The maximum atomic E-state index is 4.65. The third-order valence-electron chi connectivity index (χ3n) is 2.29. The molecule has 2 aromatic heterocycles. The normalized spacial score (nSPS) is 11.9. The fourth-order valence-corrected chi connectivity index (χ4v) is 2.28. The van der Waals surface area contributed by atoms with Crippen LogP contribution >= 0.6 is 11.3 Å². The zero-order chi connectivity index (χ0) is 12.3. The highest BCUT2D eigenvalue weighted by molar-refractivity contribution is 7.09. The second-order valence-electron chi connectivity index (χ2n) is 4.83. The van der Waals surface area contributed by atoms with Crippen molar-refractivity contribution >= 4 is 11.3 Å². The predicted octanol–water partition coefficient (Wildman–Crippen LogP) is 2.11. The smallest absolute Gasteiger partial charge is 0.213 e. The Morgan fingerprint density at radius 3 is 2.76 bits per heavy atom. The number of nitrogens with zero attached hydrogens (tertiary/aromatic N) is 3. The van der Waals surface area contributed by atoms with Crippen molar-refractivity contribution < 1.29 is 4.52 Å². The molecule has 2 rings (SSSR count). The number of hydrogen-bond acceptors (Lipinski definition) is 6. The van der Waals surface area contributed by atoms with E-state index in [1.54, 1.807) is 11.3 Å². The van der Waals surface area contributed by atoms with E-state index < -0.39 is 0 Å². The summed E-state index contributed by atoms with van der Waals surface area (Å²) in [5.41, 5.74) is 1.25. The lowest BCUT2D eigenvalue weighted by Gasteiger charge is -2.14. The first-order chi connectivity index (χ1) is 8.05. The summed E-state index contributed by atoms with van der Waals surface area (Å²) in [6, 6.07) is 0. The number of nitrogens with one attached hydrogen (secondary N) is 1. The van der Waals surface area contributed by atoms with Crippen LogP contribution in [0, 0.1) is 0 Å². The van der Waals surface area contributed by atoms with Gasteiger partial charge in [0.1, 0.15) is 5.01 Å². The van der Waals surface area contributed by atoms with Gasteiger partial charge >= 0.3 is 0 Å². The zero-order valence-electron chi connectivity index (χ0n) is 10.2. The largest absolute Gasteiger partial charge is 0.343 e. The minimum Gasteiger partial charge on any atom is -0.343 e. The first kappa shape index (κ1) is 12.2. The summed E-state index contributed by atoms with van der Waals surface area (Å²) in [4.78, 5) is 8.53. The zero-order valence-corrected chi connectivity index (χ0v) is 11.0. The van der Waals surface area contributed by atoms with Crippen molar-refractivity contribution in [2.75, 3.05) is 0 Å². The Morgan fingerprint density at radius 1 is 1.35 bits per heavy atom. The van der Waals surface area contributed by atoms with Gasteiger partial charge in [-0.3, -0.25) is 0 Å². The van der Waals surface area contributed by atoms with Crippen molar-refractivity contribution in [3.63, 3.8) is 0 Å². The molecule has 2 heterocycles. The number of aromatic nitrogens is 3. The highest BCUT2D eigenvalue weighted by atomic mass is 32.1. The van der Waals surface area contributed by atoms with Crippen LogP contribution in [0.4, 0.5) is 0 Å². The third kappa shape index (κ3) is 3.34. The van der Waals surface area contributed by atoms with Crippen molar-refractivity contribution in [3.05, 3.63) is 28.3 Å². The first-order valence-corrected chi connectivity index (χ1v) is 6.34. The standard InChI is InChI=1S/C11H16N4OS/c1-11(2,3)8-6-17-10(14-8)5-12-4-9-13-7-16-15-9/h6-7,12H,4-5H2,1-3H3. The van der Waals surface area contributed by atoms with E-state index in [0.29, 0.717) is 12.4 Å². The summed E-state index contributed by atoms with van der Waals surface area (Å²) in [6.07, 6.45) is 1.33. The Balaban J connectivity index is 1.85. The van der Waals surface area contributed by atoms with Crippen LogP contribution < -0.4 is 5.32 Å². The van der Waals surface area contributed by atoms with Crippen molar-refractivity contribution in [1.82, 2.24) is 20.4 Å². The molecule has 0 saturated heterocycles. The lowest BCUT2D eigenvalue weighted by atomic mass is 9.93. The van der Waals surface area contributed by atoms with Crippen molar-refractivity contribution in [3.8, 4) is 0 Å². The van der Waals surface area contributed by atoms with Gasteiger partial charge in [0, 0.05) is 17.3 Å². The molecule has 2 aromatic rings. The van der Waals surface area contributed by atoms with E-state index >= 15 is 0 Å². The molecule has 0 aliphatic carbocycles. The molecule has 0 aliphatic heterocycles. The van der Waals surface area contributed by atoms with Crippen LogP contribution in [0.1, 0.15) is 37.3 Å². The average molecular weight is 252 g/mol. The molecule has 0 radical (unpaired) electrons. The van der Waals surface area contributed by atoms with Crippen molar-refractivity contribution in [2.45, 2.75) is 39.3 Å². The molecule has 0 aliphatic rings. The Morgan fingerprint density at radius 2 is 2.18 bits per heavy atom. The van der Waals surface area contributed by atoms with Crippen LogP contribution in [-0.2, 0) is 18.5 Å². The summed E-state index contributed by atoms with van der Waals surface area (Å²) in [5, 5.41) is 10.2. The van der Waals surface area contributed by atoms with Crippen LogP contribution in [0.25, 0.3) is 0 Å². The molecule has 0 spiro atoms. The lowest BCUT2D eigenvalue weighted by molar-refractivity contribution is 0.407. The van der Waals surface area contributed by atoms with Gasteiger partial charge in [0.15, 0.2) is 5.82 Å². The fraction of sp³-hybridized carbons (Fsp3) is 0.545. The molecule has 0 bridgehead atoms. The maximum Gasteiger partial charge on any atom is 0.213 e. The van der Waals surface area contributed by atoms with E-state index in [-0.39, 0.29) is 5.41 Å². The summed E-state index contributed by atoms with van der Waals surface area (Å²) in [6.45, 7) is 7.83. The predicted molar refractivity (Wildman–Crippen MR) is 65.7 cm³/mol. The Bertz CT molecular complexity index is 458. The van der Waals surface area contributed by atoms with Gasteiger partial charge < -0.3 is 9.84 Å². The van der Waals surface area contributed by atoms with Gasteiger partial charge in [-0.2, -0.15) is 4.98 Å². The molecule has 0 saturated carbocycles. The van der Waals surface area contributed by atoms with Gasteiger partial charge in [0.25, 0.3) is 0 Å². The second kappa shape index (κ2) is 4.93. The maximum absolute atomic E-state index is 4.65. The van der Waals surface area contributed by atoms with Gasteiger partial charge in [-0.15, -0.1) is 11.3 Å².